The molecule has 0 amide bonds. The van der Waals surface area contributed by atoms with E-state index in [0.29, 0.717) is 12.1 Å². The number of isocyanates is 1. The van der Waals surface area contributed by atoms with Gasteiger partial charge in [0.15, 0.2) is 0 Å². The minimum atomic E-state index is 0.135. The Balaban J connectivity index is 2.77. The molecule has 1 N–H and O–H groups in total. The highest BCUT2D eigenvalue weighted by Crippen LogP contribution is 2.11. The van der Waals surface area contributed by atoms with Crippen LogP contribution < -0.4 is 0 Å². The van der Waals surface area contributed by atoms with Crippen molar-refractivity contribution in [2.24, 2.45) is 4.99 Å². The molecular formula is C9H9NO2. The van der Waals surface area contributed by atoms with Gasteiger partial charge in [-0.05, 0) is 24.1 Å². The maximum absolute atomic E-state index is 9.85. The molecule has 0 aliphatic rings. The van der Waals surface area contributed by atoms with Crippen molar-refractivity contribution in [1.29, 1.82) is 0 Å². The average molecular weight is 163 g/mol. The molecule has 0 unspecified atom stereocenters. The SMILES string of the molecule is O=C=Nc1ccc(CCO)cc1. The number of aliphatic hydroxyl groups is 1. The summed E-state index contributed by atoms with van der Waals surface area (Å²) in [7, 11) is 0. The van der Waals surface area contributed by atoms with E-state index >= 15 is 0 Å². The second-order valence-electron chi connectivity index (χ2n) is 2.34. The molecule has 0 aliphatic carbocycles. The first kappa shape index (κ1) is 8.65. The molecule has 0 saturated heterocycles. The Kier molecular flexibility index (Phi) is 3.20. The number of hydrogen-bond acceptors (Lipinski definition) is 3. The van der Waals surface area contributed by atoms with Crippen LogP contribution in [0.15, 0.2) is 29.3 Å². The van der Waals surface area contributed by atoms with Crippen molar-refractivity contribution < 1.29 is 9.90 Å². The molecule has 0 saturated carbocycles. The molecule has 0 heterocycles. The van der Waals surface area contributed by atoms with E-state index in [-0.39, 0.29) is 6.61 Å². The summed E-state index contributed by atoms with van der Waals surface area (Å²) >= 11 is 0. The van der Waals surface area contributed by atoms with E-state index in [1.54, 1.807) is 12.1 Å². The molecule has 3 heteroatoms. The molecule has 3 nitrogen and oxygen atoms in total. The summed E-state index contributed by atoms with van der Waals surface area (Å²) in [6, 6.07) is 7.09. The van der Waals surface area contributed by atoms with Gasteiger partial charge in [0.25, 0.3) is 0 Å². The number of rotatable bonds is 3. The van der Waals surface area contributed by atoms with Crippen LogP contribution in [0, 0.1) is 0 Å². The highest BCUT2D eigenvalue weighted by molar-refractivity contribution is 5.49. The number of hydrogen-bond donors (Lipinski definition) is 1. The van der Waals surface area contributed by atoms with Crippen LogP contribution in [0.2, 0.25) is 0 Å². The third-order valence-electron chi connectivity index (χ3n) is 1.51. The molecule has 1 rings (SSSR count). The van der Waals surface area contributed by atoms with E-state index in [1.807, 2.05) is 12.1 Å². The summed E-state index contributed by atoms with van der Waals surface area (Å²) in [6.07, 6.45) is 2.09. The van der Waals surface area contributed by atoms with Crippen LogP contribution in [-0.2, 0) is 11.2 Å². The summed E-state index contributed by atoms with van der Waals surface area (Å²) in [5.74, 6) is 0. The minimum Gasteiger partial charge on any atom is -0.396 e. The van der Waals surface area contributed by atoms with Gasteiger partial charge < -0.3 is 5.11 Å². The maximum Gasteiger partial charge on any atom is 0.240 e. The molecule has 1 aromatic rings. The molecule has 62 valence electrons. The molecule has 1 aromatic carbocycles. The van der Waals surface area contributed by atoms with E-state index in [0.717, 1.165) is 5.56 Å². The number of carbonyl (C=O) groups excluding carboxylic acids is 1. The van der Waals surface area contributed by atoms with Gasteiger partial charge in [-0.1, -0.05) is 12.1 Å². The second-order valence-corrected chi connectivity index (χ2v) is 2.34. The lowest BCUT2D eigenvalue weighted by Gasteiger charge is -1.96. The fourth-order valence-electron chi connectivity index (χ4n) is 0.919. The van der Waals surface area contributed by atoms with Gasteiger partial charge in [-0.2, -0.15) is 4.99 Å². The van der Waals surface area contributed by atoms with E-state index in [2.05, 4.69) is 4.99 Å². The van der Waals surface area contributed by atoms with E-state index < -0.39 is 0 Å². The first-order valence-corrected chi connectivity index (χ1v) is 3.64. The third-order valence-corrected chi connectivity index (χ3v) is 1.51. The number of aliphatic imine (C=N–C) groups is 1. The topological polar surface area (TPSA) is 49.7 Å². The van der Waals surface area contributed by atoms with Crippen LogP contribution in [0.3, 0.4) is 0 Å². The largest absolute Gasteiger partial charge is 0.396 e. The van der Waals surface area contributed by atoms with Crippen molar-refractivity contribution in [1.82, 2.24) is 0 Å². The molecule has 0 fully saturated rings. The lowest BCUT2D eigenvalue weighted by atomic mass is 10.1. The Morgan fingerprint density at radius 3 is 2.50 bits per heavy atom. The average Bonchev–Trinajstić information content (AvgIpc) is 2.09. The Bertz CT molecular complexity index is 286. The standard InChI is InChI=1S/C9H9NO2/c11-6-5-8-1-3-9(4-2-8)10-7-12/h1-4,11H,5-6H2. The zero-order valence-corrected chi connectivity index (χ0v) is 6.53. The smallest absolute Gasteiger partial charge is 0.240 e. The molecule has 0 bridgehead atoms. The van der Waals surface area contributed by atoms with E-state index in [1.165, 1.54) is 6.08 Å². The zero-order chi connectivity index (χ0) is 8.81. The fourth-order valence-corrected chi connectivity index (χ4v) is 0.919. The first-order chi connectivity index (χ1) is 5.86. The Hall–Kier alpha value is -1.44. The van der Waals surface area contributed by atoms with Gasteiger partial charge in [0.1, 0.15) is 0 Å². The Morgan fingerprint density at radius 2 is 2.00 bits per heavy atom. The van der Waals surface area contributed by atoms with Crippen molar-refractivity contribution >= 4 is 11.8 Å². The molecule has 0 radical (unpaired) electrons. The summed E-state index contributed by atoms with van der Waals surface area (Å²) in [5, 5.41) is 8.61. The molecule has 0 aromatic heterocycles. The summed E-state index contributed by atoms with van der Waals surface area (Å²) in [6.45, 7) is 0.135. The quantitative estimate of drug-likeness (QED) is 0.537. The van der Waals surface area contributed by atoms with E-state index in [4.69, 9.17) is 5.11 Å². The molecular weight excluding hydrogens is 154 g/mol. The van der Waals surface area contributed by atoms with Gasteiger partial charge in [0, 0.05) is 6.61 Å². The maximum atomic E-state index is 9.85. The van der Waals surface area contributed by atoms with Crippen molar-refractivity contribution in [2.45, 2.75) is 6.42 Å². The first-order valence-electron chi connectivity index (χ1n) is 3.64. The van der Waals surface area contributed by atoms with E-state index in [9.17, 15) is 4.79 Å². The van der Waals surface area contributed by atoms with Crippen LogP contribution in [0.4, 0.5) is 5.69 Å². The fraction of sp³-hybridized carbons (Fsp3) is 0.222. The lowest BCUT2D eigenvalue weighted by Crippen LogP contribution is -1.88. The number of nitrogens with zero attached hydrogens (tertiary/aromatic N) is 1. The van der Waals surface area contributed by atoms with Gasteiger partial charge >= 0.3 is 0 Å². The monoisotopic (exact) mass is 163 g/mol. The Morgan fingerprint density at radius 1 is 1.33 bits per heavy atom. The van der Waals surface area contributed by atoms with Gasteiger partial charge in [0.05, 0.1) is 5.69 Å². The molecule has 0 spiro atoms. The predicted octanol–water partition coefficient (Wildman–Crippen LogP) is 1.19. The zero-order valence-electron chi connectivity index (χ0n) is 6.53. The number of benzene rings is 1. The minimum absolute atomic E-state index is 0.135. The molecule has 0 atom stereocenters. The van der Waals surface area contributed by atoms with Crippen LogP contribution in [0.25, 0.3) is 0 Å². The second kappa shape index (κ2) is 4.44. The van der Waals surface area contributed by atoms with Gasteiger partial charge in [-0.15, -0.1) is 0 Å². The highest BCUT2D eigenvalue weighted by Gasteiger charge is 1.91. The van der Waals surface area contributed by atoms with Crippen molar-refractivity contribution in [2.75, 3.05) is 6.61 Å². The summed E-state index contributed by atoms with van der Waals surface area (Å²) < 4.78 is 0. The summed E-state index contributed by atoms with van der Waals surface area (Å²) in [4.78, 5) is 13.3. The van der Waals surface area contributed by atoms with Crippen LogP contribution in [-0.4, -0.2) is 17.8 Å². The lowest BCUT2D eigenvalue weighted by molar-refractivity contribution is 0.299. The van der Waals surface area contributed by atoms with Crippen LogP contribution in [0.1, 0.15) is 5.56 Å². The van der Waals surface area contributed by atoms with Gasteiger partial charge in [-0.3, -0.25) is 0 Å². The third kappa shape index (κ3) is 2.31. The van der Waals surface area contributed by atoms with Crippen LogP contribution >= 0.6 is 0 Å². The van der Waals surface area contributed by atoms with Crippen molar-refractivity contribution in [3.05, 3.63) is 29.8 Å². The summed E-state index contributed by atoms with van der Waals surface area (Å²) in [5.41, 5.74) is 1.62. The highest BCUT2D eigenvalue weighted by atomic mass is 16.2. The van der Waals surface area contributed by atoms with Gasteiger partial charge in [-0.25, -0.2) is 4.79 Å². The van der Waals surface area contributed by atoms with Crippen LogP contribution in [0.5, 0.6) is 0 Å². The Labute approximate surface area is 70.4 Å². The molecule has 0 aliphatic heterocycles. The van der Waals surface area contributed by atoms with Crippen molar-refractivity contribution in [3.63, 3.8) is 0 Å². The van der Waals surface area contributed by atoms with Crippen molar-refractivity contribution in [3.8, 4) is 0 Å². The number of aliphatic hydroxyl groups excluding tert-OH is 1. The predicted molar refractivity (Wildman–Crippen MR) is 45.0 cm³/mol. The molecule has 12 heavy (non-hydrogen) atoms. The van der Waals surface area contributed by atoms with Gasteiger partial charge in [0.2, 0.25) is 6.08 Å². The normalized spacial score (nSPS) is 9.08.